The van der Waals surface area contributed by atoms with Crippen molar-refractivity contribution in [3.05, 3.63) is 12.2 Å². The molecular weight excluding hydrogens is 407 g/mol. The van der Waals surface area contributed by atoms with E-state index in [-0.39, 0.29) is 26.6 Å². The summed E-state index contributed by atoms with van der Waals surface area (Å²) in [4.78, 5) is -0.216. The summed E-state index contributed by atoms with van der Waals surface area (Å²) in [5.41, 5.74) is -1.50. The van der Waals surface area contributed by atoms with Gasteiger partial charge >= 0.3 is 0 Å². The van der Waals surface area contributed by atoms with Crippen molar-refractivity contribution in [2.24, 2.45) is 10.8 Å². The van der Waals surface area contributed by atoms with Gasteiger partial charge in [0.25, 0.3) is 0 Å². The van der Waals surface area contributed by atoms with Crippen molar-refractivity contribution in [1.82, 2.24) is 0 Å². The van der Waals surface area contributed by atoms with Gasteiger partial charge in [-0.15, -0.1) is 11.6 Å². The van der Waals surface area contributed by atoms with Crippen molar-refractivity contribution in [1.29, 1.82) is 0 Å². The first-order valence-electron chi connectivity index (χ1n) is 7.02. The van der Waals surface area contributed by atoms with Crippen LogP contribution in [0, 0.1) is 10.8 Å². The molecular formula is C15H21Br2ClO2. The third-order valence-electron chi connectivity index (χ3n) is 6.10. The van der Waals surface area contributed by atoms with E-state index in [9.17, 15) is 5.11 Å². The zero-order valence-electron chi connectivity index (χ0n) is 12.2. The van der Waals surface area contributed by atoms with Gasteiger partial charge in [0.2, 0.25) is 0 Å². The number of alkyl halides is 3. The number of hydrogen-bond acceptors (Lipinski definition) is 2. The minimum absolute atomic E-state index is 0.0711. The second-order valence-corrected chi connectivity index (χ2v) is 10.6. The number of rotatable bonds is 0. The lowest BCUT2D eigenvalue weighted by molar-refractivity contribution is -0.132. The topological polar surface area (TPSA) is 29.5 Å². The summed E-state index contributed by atoms with van der Waals surface area (Å²) >= 11 is 14.2. The molecule has 2 nitrogen and oxygen atoms in total. The van der Waals surface area contributed by atoms with Crippen LogP contribution in [0.15, 0.2) is 12.2 Å². The van der Waals surface area contributed by atoms with E-state index in [1.807, 2.05) is 26.0 Å². The van der Waals surface area contributed by atoms with Crippen molar-refractivity contribution in [3.63, 3.8) is 0 Å². The van der Waals surface area contributed by atoms with Gasteiger partial charge in [0, 0.05) is 15.7 Å². The summed E-state index contributed by atoms with van der Waals surface area (Å²) in [6.07, 6.45) is 5.29. The monoisotopic (exact) mass is 426 g/mol. The molecule has 1 saturated heterocycles. The Morgan fingerprint density at radius 1 is 1.20 bits per heavy atom. The van der Waals surface area contributed by atoms with E-state index < -0.39 is 10.1 Å². The highest BCUT2D eigenvalue weighted by Gasteiger charge is 2.76. The molecule has 6 atom stereocenters. The van der Waals surface area contributed by atoms with Crippen molar-refractivity contribution in [2.45, 2.75) is 66.5 Å². The zero-order chi connectivity index (χ0) is 15.2. The predicted octanol–water partition coefficient (Wildman–Crippen LogP) is 4.36. The van der Waals surface area contributed by atoms with Crippen LogP contribution in [-0.2, 0) is 4.74 Å². The third kappa shape index (κ3) is 1.58. The molecule has 1 saturated carbocycles. The van der Waals surface area contributed by atoms with Gasteiger partial charge in [-0.25, -0.2) is 0 Å². The van der Waals surface area contributed by atoms with E-state index in [0.29, 0.717) is 0 Å². The van der Waals surface area contributed by atoms with E-state index in [2.05, 4.69) is 45.7 Å². The number of hydrogen-bond donors (Lipinski definition) is 1. The Kier molecular flexibility index (Phi) is 3.20. The lowest BCUT2D eigenvalue weighted by Gasteiger charge is -2.59. The van der Waals surface area contributed by atoms with Crippen LogP contribution >= 0.6 is 43.5 Å². The maximum absolute atomic E-state index is 11.1. The maximum atomic E-state index is 11.1. The molecule has 1 aliphatic heterocycles. The highest BCUT2D eigenvalue weighted by atomic mass is 79.9. The van der Waals surface area contributed by atoms with E-state index in [4.69, 9.17) is 16.3 Å². The SMILES string of the molecule is CC1(Cl)CC2OC3(Br)C=CC(C)(O)C2(CC1Br)C3(C)C. The molecule has 1 N–H and O–H groups in total. The van der Waals surface area contributed by atoms with Crippen LogP contribution in [0.2, 0.25) is 0 Å². The fourth-order valence-electron chi connectivity index (χ4n) is 4.58. The molecule has 0 aromatic carbocycles. The first-order chi connectivity index (χ1) is 8.90. The second kappa shape index (κ2) is 4.05. The van der Waals surface area contributed by atoms with E-state index in [0.717, 1.165) is 12.8 Å². The smallest absolute Gasteiger partial charge is 0.147 e. The van der Waals surface area contributed by atoms with Crippen molar-refractivity contribution >= 4 is 43.5 Å². The van der Waals surface area contributed by atoms with Crippen LogP contribution in [-0.4, -0.2) is 31.0 Å². The minimum Gasteiger partial charge on any atom is -0.385 e. The number of halogens is 3. The summed E-state index contributed by atoms with van der Waals surface area (Å²) in [7, 11) is 0. The summed E-state index contributed by atoms with van der Waals surface area (Å²) in [6, 6.07) is 0. The molecule has 0 aromatic heterocycles. The number of aliphatic hydroxyl groups is 1. The van der Waals surface area contributed by atoms with Gasteiger partial charge in [0.05, 0.1) is 16.6 Å². The molecule has 1 heterocycles. The molecule has 2 aliphatic carbocycles. The molecule has 0 amide bonds. The molecule has 20 heavy (non-hydrogen) atoms. The van der Waals surface area contributed by atoms with Crippen LogP contribution in [0.5, 0.6) is 0 Å². The molecule has 1 spiro atoms. The highest BCUT2D eigenvalue weighted by Crippen LogP contribution is 2.73. The van der Waals surface area contributed by atoms with Crippen LogP contribution in [0.4, 0.5) is 0 Å². The Balaban J connectivity index is 2.21. The molecule has 0 aromatic rings. The summed E-state index contributed by atoms with van der Waals surface area (Å²) in [6.45, 7) is 8.30. The molecule has 3 aliphatic rings. The van der Waals surface area contributed by atoms with Gasteiger partial charge in [0.15, 0.2) is 0 Å². The van der Waals surface area contributed by atoms with Gasteiger partial charge < -0.3 is 9.84 Å². The van der Waals surface area contributed by atoms with Crippen LogP contribution in [0.1, 0.15) is 40.5 Å². The van der Waals surface area contributed by atoms with E-state index in [1.54, 1.807) is 0 Å². The summed E-state index contributed by atoms with van der Waals surface area (Å²) in [5, 5.41) is 11.1. The second-order valence-electron chi connectivity index (χ2n) is 7.48. The van der Waals surface area contributed by atoms with Crippen molar-refractivity contribution in [2.75, 3.05) is 0 Å². The van der Waals surface area contributed by atoms with Gasteiger partial charge in [-0.2, -0.15) is 0 Å². The van der Waals surface area contributed by atoms with Gasteiger partial charge in [-0.1, -0.05) is 35.9 Å². The maximum Gasteiger partial charge on any atom is 0.147 e. The van der Waals surface area contributed by atoms with Crippen LogP contribution < -0.4 is 0 Å². The summed E-state index contributed by atoms with van der Waals surface area (Å²) < 4.78 is 5.84. The molecule has 0 radical (unpaired) electrons. The quantitative estimate of drug-likeness (QED) is 0.459. The molecule has 5 heteroatoms. The molecule has 3 rings (SSSR count). The zero-order valence-corrected chi connectivity index (χ0v) is 16.1. The predicted molar refractivity (Wildman–Crippen MR) is 88.7 cm³/mol. The Morgan fingerprint density at radius 2 is 1.80 bits per heavy atom. The number of ether oxygens (including phenoxy) is 1. The van der Waals surface area contributed by atoms with Crippen molar-refractivity contribution in [3.8, 4) is 0 Å². The Hall–Kier alpha value is 0.910. The van der Waals surface area contributed by atoms with Crippen molar-refractivity contribution < 1.29 is 9.84 Å². The molecule has 6 unspecified atom stereocenters. The summed E-state index contributed by atoms with van der Waals surface area (Å²) in [5.74, 6) is 0. The largest absolute Gasteiger partial charge is 0.385 e. The Bertz CT molecular complexity index is 488. The number of fused-ring (bicyclic) bond motifs is 1. The Labute approximate surface area is 142 Å². The average molecular weight is 429 g/mol. The standard InChI is InChI=1S/C15H21Br2ClO2/c1-11(2)14-7-9(16)12(3,18)8-10(14)20-15(11,17)6-5-13(14,4)19/h5-6,9-10,19H,7-8H2,1-4H3. The first kappa shape index (κ1) is 15.8. The van der Waals surface area contributed by atoms with Crippen LogP contribution in [0.3, 0.4) is 0 Å². The Morgan fingerprint density at radius 3 is 2.40 bits per heavy atom. The third-order valence-corrected chi connectivity index (χ3v) is 9.55. The fraction of sp³-hybridized carbons (Fsp3) is 0.867. The minimum atomic E-state index is -0.908. The fourth-order valence-corrected chi connectivity index (χ4v) is 6.21. The first-order valence-corrected chi connectivity index (χ1v) is 9.11. The van der Waals surface area contributed by atoms with E-state index >= 15 is 0 Å². The van der Waals surface area contributed by atoms with Gasteiger partial charge in [-0.05, 0) is 48.7 Å². The highest BCUT2D eigenvalue weighted by molar-refractivity contribution is 9.10. The van der Waals surface area contributed by atoms with E-state index in [1.165, 1.54) is 0 Å². The lowest BCUT2D eigenvalue weighted by atomic mass is 9.47. The van der Waals surface area contributed by atoms with Gasteiger partial charge in [0.1, 0.15) is 4.51 Å². The normalized spacial score (nSPS) is 60.4. The lowest BCUT2D eigenvalue weighted by Crippen LogP contribution is -2.65. The molecule has 114 valence electrons. The van der Waals surface area contributed by atoms with Gasteiger partial charge in [-0.3, -0.25) is 0 Å². The average Bonchev–Trinajstić information content (AvgIpc) is 2.37. The van der Waals surface area contributed by atoms with Crippen LogP contribution in [0.25, 0.3) is 0 Å². The molecule has 2 bridgehead atoms. The molecule has 2 fully saturated rings.